The number of hydrogen-bond donors (Lipinski definition) is 1. The van der Waals surface area contributed by atoms with Crippen molar-refractivity contribution >= 4 is 11.8 Å². The van der Waals surface area contributed by atoms with Crippen LogP contribution in [0.3, 0.4) is 0 Å². The maximum Gasteiger partial charge on any atom is 0.228 e. The molecule has 1 aliphatic heterocycles. The summed E-state index contributed by atoms with van der Waals surface area (Å²) in [4.78, 5) is 31.8. The van der Waals surface area contributed by atoms with Gasteiger partial charge in [0.25, 0.3) is 0 Å². The fourth-order valence-electron chi connectivity index (χ4n) is 4.50. The quantitative estimate of drug-likeness (QED) is 0.648. The van der Waals surface area contributed by atoms with E-state index < -0.39 is 5.41 Å². The zero-order chi connectivity index (χ0) is 22.6. The Morgan fingerprint density at radius 2 is 1.78 bits per heavy atom. The van der Waals surface area contributed by atoms with E-state index in [2.05, 4.69) is 16.4 Å². The first kappa shape index (κ1) is 21.7. The molecule has 0 unspecified atom stereocenters. The minimum absolute atomic E-state index is 0.0511. The Kier molecular flexibility index (Phi) is 6.30. The maximum absolute atomic E-state index is 13.2. The second-order valence-electron chi connectivity index (χ2n) is 8.30. The van der Waals surface area contributed by atoms with Gasteiger partial charge in [-0.2, -0.15) is 0 Å². The molecule has 0 aliphatic carbocycles. The van der Waals surface area contributed by atoms with Crippen molar-refractivity contribution in [1.29, 1.82) is 0 Å². The molecule has 0 bridgehead atoms. The Labute approximate surface area is 187 Å². The van der Waals surface area contributed by atoms with Crippen molar-refractivity contribution in [1.82, 2.24) is 15.2 Å². The molecular formula is C26H26FN3O2. The van der Waals surface area contributed by atoms with Crippen molar-refractivity contribution in [3.63, 3.8) is 0 Å². The van der Waals surface area contributed by atoms with Crippen LogP contribution in [-0.2, 0) is 22.4 Å². The van der Waals surface area contributed by atoms with E-state index in [9.17, 15) is 14.0 Å². The summed E-state index contributed by atoms with van der Waals surface area (Å²) in [5, 5.41) is 2.81. The first-order valence-corrected chi connectivity index (χ1v) is 10.7. The predicted octanol–water partition coefficient (Wildman–Crippen LogP) is 3.64. The molecule has 4 rings (SSSR count). The highest BCUT2D eigenvalue weighted by Gasteiger charge is 2.45. The van der Waals surface area contributed by atoms with Crippen molar-refractivity contribution in [3.05, 3.63) is 90.0 Å². The lowest BCUT2D eigenvalue weighted by Gasteiger charge is -2.28. The average molecular weight is 432 g/mol. The van der Waals surface area contributed by atoms with Crippen LogP contribution in [0.5, 0.6) is 0 Å². The average Bonchev–Trinajstić information content (AvgIpc) is 3.26. The third-order valence-electron chi connectivity index (χ3n) is 6.22. The van der Waals surface area contributed by atoms with Crippen molar-refractivity contribution < 1.29 is 14.0 Å². The number of nitrogens with zero attached hydrogens (tertiary/aromatic N) is 2. The Morgan fingerprint density at radius 3 is 2.50 bits per heavy atom. The number of hydrogen-bond acceptors (Lipinski definition) is 3. The van der Waals surface area contributed by atoms with Gasteiger partial charge in [-0.3, -0.25) is 14.6 Å². The molecule has 3 aromatic rings. The number of likely N-dealkylation sites (tertiary alicyclic amines) is 1. The second kappa shape index (κ2) is 9.30. The lowest BCUT2D eigenvalue weighted by Crippen LogP contribution is -2.44. The van der Waals surface area contributed by atoms with E-state index in [-0.39, 0.29) is 24.1 Å². The van der Waals surface area contributed by atoms with Crippen LogP contribution >= 0.6 is 0 Å². The highest BCUT2D eigenvalue weighted by Crippen LogP contribution is 2.37. The number of carbonyl (C=O) groups excluding carboxylic acids is 2. The van der Waals surface area contributed by atoms with Crippen molar-refractivity contribution in [2.75, 3.05) is 20.1 Å². The standard InChI is InChI=1S/C26H26FN3O2/c1-28-25(32)26(17-21-4-2-3-5-23(21)20-10-13-29-14-11-20)12-15-30(18-26)24(31)16-19-6-8-22(27)9-7-19/h2-11,13-14H,12,15-18H2,1H3,(H,28,32)/t26-/m0/s1. The predicted molar refractivity (Wildman–Crippen MR) is 121 cm³/mol. The number of carbonyl (C=O) groups is 2. The molecule has 6 heteroatoms. The molecule has 1 aromatic heterocycles. The highest BCUT2D eigenvalue weighted by molar-refractivity contribution is 5.86. The minimum Gasteiger partial charge on any atom is -0.359 e. The topological polar surface area (TPSA) is 62.3 Å². The van der Waals surface area contributed by atoms with Crippen molar-refractivity contribution in [2.24, 2.45) is 5.41 Å². The number of amides is 2. The Balaban J connectivity index is 1.57. The lowest BCUT2D eigenvalue weighted by atomic mass is 9.78. The smallest absolute Gasteiger partial charge is 0.228 e. The summed E-state index contributed by atoms with van der Waals surface area (Å²) in [6.45, 7) is 0.877. The first-order chi connectivity index (χ1) is 15.5. The van der Waals surface area contributed by atoms with E-state index in [0.717, 1.165) is 22.3 Å². The highest BCUT2D eigenvalue weighted by atomic mass is 19.1. The molecule has 2 amide bonds. The van der Waals surface area contributed by atoms with Crippen LogP contribution in [-0.4, -0.2) is 41.8 Å². The number of pyridine rings is 1. The summed E-state index contributed by atoms with van der Waals surface area (Å²) in [6.07, 6.45) is 4.83. The van der Waals surface area contributed by atoms with Crippen LogP contribution in [0.1, 0.15) is 17.5 Å². The fourth-order valence-corrected chi connectivity index (χ4v) is 4.50. The van der Waals surface area contributed by atoms with Gasteiger partial charge in [0.1, 0.15) is 5.82 Å². The molecule has 164 valence electrons. The molecule has 1 saturated heterocycles. The van der Waals surface area contributed by atoms with E-state index >= 15 is 0 Å². The summed E-state index contributed by atoms with van der Waals surface area (Å²) < 4.78 is 13.2. The van der Waals surface area contributed by atoms with Gasteiger partial charge in [-0.15, -0.1) is 0 Å². The Morgan fingerprint density at radius 1 is 1.06 bits per heavy atom. The van der Waals surface area contributed by atoms with Gasteiger partial charge in [0.15, 0.2) is 0 Å². The molecule has 2 aromatic carbocycles. The molecule has 1 atom stereocenters. The zero-order valence-electron chi connectivity index (χ0n) is 18.1. The van der Waals surface area contributed by atoms with Gasteiger partial charge in [-0.25, -0.2) is 4.39 Å². The molecule has 1 fully saturated rings. The van der Waals surface area contributed by atoms with Crippen LogP contribution in [0.25, 0.3) is 11.1 Å². The summed E-state index contributed by atoms with van der Waals surface area (Å²) in [5.74, 6) is -0.433. The lowest BCUT2D eigenvalue weighted by molar-refractivity contribution is -0.132. The third kappa shape index (κ3) is 4.54. The normalized spacial score (nSPS) is 17.9. The van der Waals surface area contributed by atoms with Crippen LogP contribution in [0.4, 0.5) is 4.39 Å². The van der Waals surface area contributed by atoms with Crippen molar-refractivity contribution in [3.8, 4) is 11.1 Å². The molecular weight excluding hydrogens is 405 g/mol. The largest absolute Gasteiger partial charge is 0.359 e. The molecule has 2 heterocycles. The Bertz CT molecular complexity index is 1100. The van der Waals surface area contributed by atoms with Gasteiger partial charge >= 0.3 is 0 Å². The molecule has 5 nitrogen and oxygen atoms in total. The van der Waals surface area contributed by atoms with Gasteiger partial charge in [-0.1, -0.05) is 36.4 Å². The molecule has 1 N–H and O–H groups in total. The van der Waals surface area contributed by atoms with E-state index in [1.54, 1.807) is 36.5 Å². The fraction of sp³-hybridized carbons (Fsp3) is 0.269. The summed E-state index contributed by atoms with van der Waals surface area (Å²) in [5.41, 5.74) is 3.24. The van der Waals surface area contributed by atoms with E-state index in [1.165, 1.54) is 12.1 Å². The second-order valence-corrected chi connectivity index (χ2v) is 8.30. The Hall–Kier alpha value is -3.54. The number of aromatic nitrogens is 1. The molecule has 1 aliphatic rings. The summed E-state index contributed by atoms with van der Waals surface area (Å²) in [6, 6.07) is 17.9. The summed E-state index contributed by atoms with van der Waals surface area (Å²) in [7, 11) is 1.64. The minimum atomic E-state index is -0.698. The molecule has 0 saturated carbocycles. The third-order valence-corrected chi connectivity index (χ3v) is 6.22. The molecule has 32 heavy (non-hydrogen) atoms. The van der Waals surface area contributed by atoms with Crippen LogP contribution in [0.15, 0.2) is 73.1 Å². The SMILES string of the molecule is CNC(=O)[C@]1(Cc2ccccc2-c2ccncc2)CCN(C(=O)Cc2ccc(F)cc2)C1. The van der Waals surface area contributed by atoms with Gasteiger partial charge in [0.05, 0.1) is 11.8 Å². The van der Waals surface area contributed by atoms with Crippen LogP contribution in [0, 0.1) is 11.2 Å². The van der Waals surface area contributed by atoms with Gasteiger partial charge in [-0.05, 0) is 59.4 Å². The van der Waals surface area contributed by atoms with Crippen molar-refractivity contribution in [2.45, 2.75) is 19.3 Å². The number of rotatable bonds is 6. The number of benzene rings is 2. The summed E-state index contributed by atoms with van der Waals surface area (Å²) >= 11 is 0. The maximum atomic E-state index is 13.2. The number of halogens is 1. The van der Waals surface area contributed by atoms with Gasteiger partial charge in [0, 0.05) is 32.5 Å². The van der Waals surface area contributed by atoms with Gasteiger partial charge in [0.2, 0.25) is 11.8 Å². The number of nitrogens with one attached hydrogen (secondary N) is 1. The molecule has 0 spiro atoms. The van der Waals surface area contributed by atoms with E-state index in [1.807, 2.05) is 30.3 Å². The van der Waals surface area contributed by atoms with E-state index in [4.69, 9.17) is 0 Å². The molecule has 0 radical (unpaired) electrons. The van der Waals surface area contributed by atoms with Crippen LogP contribution < -0.4 is 5.32 Å². The zero-order valence-corrected chi connectivity index (χ0v) is 18.1. The monoisotopic (exact) mass is 431 g/mol. The van der Waals surface area contributed by atoms with Gasteiger partial charge < -0.3 is 10.2 Å². The van der Waals surface area contributed by atoms with E-state index in [0.29, 0.717) is 25.9 Å². The van der Waals surface area contributed by atoms with Crippen LogP contribution in [0.2, 0.25) is 0 Å². The first-order valence-electron chi connectivity index (χ1n) is 10.7.